The Hall–Kier alpha value is -3.16. The Morgan fingerprint density at radius 3 is 2.75 bits per heavy atom. The second kappa shape index (κ2) is 7.84. The first-order valence-electron chi connectivity index (χ1n) is 9.29. The highest BCUT2D eigenvalue weighted by molar-refractivity contribution is 6.03. The average Bonchev–Trinajstić information content (AvgIpc) is 2.67. The molecule has 1 heterocycles. The van der Waals surface area contributed by atoms with E-state index in [1.165, 1.54) is 18.2 Å². The van der Waals surface area contributed by atoms with Crippen molar-refractivity contribution in [1.82, 2.24) is 5.32 Å². The molecule has 2 aliphatic rings. The van der Waals surface area contributed by atoms with Gasteiger partial charge < -0.3 is 15.2 Å². The first-order chi connectivity index (χ1) is 13.4. The second-order valence-corrected chi connectivity index (χ2v) is 6.70. The van der Waals surface area contributed by atoms with Gasteiger partial charge in [0.25, 0.3) is 0 Å². The van der Waals surface area contributed by atoms with Crippen LogP contribution < -0.4 is 5.32 Å². The topological polar surface area (TPSA) is 119 Å². The van der Waals surface area contributed by atoms with Gasteiger partial charge in [-0.25, -0.2) is 4.79 Å². The smallest absolute Gasteiger partial charge is 0.336 e. The van der Waals surface area contributed by atoms with Gasteiger partial charge in [0.05, 0.1) is 17.1 Å². The van der Waals surface area contributed by atoms with Crippen molar-refractivity contribution in [3.05, 3.63) is 56.4 Å². The maximum absolute atomic E-state index is 12.8. The van der Waals surface area contributed by atoms with Gasteiger partial charge in [-0.3, -0.25) is 14.9 Å². The van der Waals surface area contributed by atoms with Crippen molar-refractivity contribution in [3.63, 3.8) is 0 Å². The van der Waals surface area contributed by atoms with Crippen LogP contribution in [0.25, 0.3) is 0 Å². The van der Waals surface area contributed by atoms with E-state index in [-0.39, 0.29) is 12.4 Å². The quantitative estimate of drug-likeness (QED) is 0.453. The van der Waals surface area contributed by atoms with Gasteiger partial charge in [0.2, 0.25) is 0 Å². The molecule has 1 aromatic rings. The van der Waals surface area contributed by atoms with Crippen LogP contribution in [0.2, 0.25) is 0 Å². The lowest BCUT2D eigenvalue weighted by Gasteiger charge is -2.34. The molecule has 28 heavy (non-hydrogen) atoms. The number of ether oxygens (including phenoxy) is 1. The van der Waals surface area contributed by atoms with E-state index < -0.39 is 28.2 Å². The number of carbonyl (C=O) groups is 2. The number of hydrogen-bond acceptors (Lipinski definition) is 7. The fourth-order valence-electron chi connectivity index (χ4n) is 3.82. The largest absolute Gasteiger partial charge is 0.502 e. The van der Waals surface area contributed by atoms with E-state index >= 15 is 0 Å². The number of carbonyl (C=O) groups excluding carboxylic acids is 2. The van der Waals surface area contributed by atoms with E-state index in [0.29, 0.717) is 48.1 Å². The number of phenolic OH excluding ortho intramolecular Hbond substituents is 1. The summed E-state index contributed by atoms with van der Waals surface area (Å²) in [5.41, 5.74) is 2.07. The highest BCUT2D eigenvalue weighted by Gasteiger charge is 2.40. The fraction of sp³-hybridized carbons (Fsp3) is 0.400. The Morgan fingerprint density at radius 2 is 2.11 bits per heavy atom. The fourth-order valence-corrected chi connectivity index (χ4v) is 3.82. The minimum atomic E-state index is -0.766. The summed E-state index contributed by atoms with van der Waals surface area (Å²) in [7, 11) is 0. The molecule has 1 aromatic carbocycles. The Labute approximate surface area is 162 Å². The molecule has 1 atom stereocenters. The molecular formula is C20H22N2O6. The normalized spacial score (nSPS) is 19.2. The molecule has 0 spiro atoms. The van der Waals surface area contributed by atoms with Gasteiger partial charge in [-0.05, 0) is 37.8 Å². The van der Waals surface area contributed by atoms with E-state index in [2.05, 4.69) is 5.32 Å². The minimum absolute atomic E-state index is 0.0913. The van der Waals surface area contributed by atoms with Crippen LogP contribution in [0, 0.1) is 10.1 Å². The zero-order valence-corrected chi connectivity index (χ0v) is 15.8. The summed E-state index contributed by atoms with van der Waals surface area (Å²) in [6, 6.07) is 3.96. The molecule has 1 aliphatic heterocycles. The summed E-state index contributed by atoms with van der Waals surface area (Å²) >= 11 is 0. The van der Waals surface area contributed by atoms with Crippen molar-refractivity contribution < 1.29 is 24.4 Å². The lowest BCUT2D eigenvalue weighted by atomic mass is 9.74. The first kappa shape index (κ1) is 19.6. The number of phenols is 1. The molecule has 0 fully saturated rings. The predicted molar refractivity (Wildman–Crippen MR) is 100 cm³/mol. The number of Topliss-reactive ketones (excluding diaryl/α,β-unsaturated/α-hetero) is 1. The molecule has 0 unspecified atom stereocenters. The SMILES string of the molecule is CCOC(=O)C1=C(CC)NC2=C(C(=O)CCC2)[C@H]1c1ccc(O)c([N+](=O)[O-])c1. The van der Waals surface area contributed by atoms with E-state index in [4.69, 9.17) is 4.74 Å². The van der Waals surface area contributed by atoms with Crippen molar-refractivity contribution in [2.75, 3.05) is 6.61 Å². The van der Waals surface area contributed by atoms with Gasteiger partial charge >= 0.3 is 11.7 Å². The first-order valence-corrected chi connectivity index (χ1v) is 9.29. The second-order valence-electron chi connectivity index (χ2n) is 6.70. The summed E-state index contributed by atoms with van der Waals surface area (Å²) in [6.07, 6.45) is 2.24. The number of aromatic hydroxyl groups is 1. The van der Waals surface area contributed by atoms with Crippen LogP contribution in [-0.2, 0) is 14.3 Å². The van der Waals surface area contributed by atoms with Crippen molar-refractivity contribution in [2.45, 2.75) is 45.4 Å². The van der Waals surface area contributed by atoms with Gasteiger partial charge in [0.1, 0.15) is 0 Å². The van der Waals surface area contributed by atoms with Gasteiger partial charge in [-0.1, -0.05) is 13.0 Å². The number of ketones is 1. The van der Waals surface area contributed by atoms with Gasteiger partial charge in [0.15, 0.2) is 11.5 Å². The van der Waals surface area contributed by atoms with Gasteiger partial charge in [-0.2, -0.15) is 0 Å². The molecule has 0 radical (unpaired) electrons. The van der Waals surface area contributed by atoms with E-state index in [1.807, 2.05) is 6.92 Å². The maximum Gasteiger partial charge on any atom is 0.336 e. The highest BCUT2D eigenvalue weighted by Crippen LogP contribution is 2.44. The molecule has 148 valence electrons. The third-order valence-corrected chi connectivity index (χ3v) is 5.04. The summed E-state index contributed by atoms with van der Waals surface area (Å²) in [4.78, 5) is 36.1. The van der Waals surface area contributed by atoms with Crippen LogP contribution in [0.5, 0.6) is 5.75 Å². The molecule has 8 nitrogen and oxygen atoms in total. The lowest BCUT2D eigenvalue weighted by molar-refractivity contribution is -0.385. The van der Waals surface area contributed by atoms with Crippen LogP contribution >= 0.6 is 0 Å². The summed E-state index contributed by atoms with van der Waals surface area (Å²) < 4.78 is 5.23. The molecule has 1 aliphatic carbocycles. The minimum Gasteiger partial charge on any atom is -0.502 e. The number of esters is 1. The number of benzene rings is 1. The number of hydrogen-bond donors (Lipinski definition) is 2. The average molecular weight is 386 g/mol. The molecule has 0 saturated carbocycles. The molecule has 0 bridgehead atoms. The van der Waals surface area contributed by atoms with E-state index in [0.717, 1.165) is 5.70 Å². The Bertz CT molecular complexity index is 915. The summed E-state index contributed by atoms with van der Waals surface area (Å²) in [5.74, 6) is -1.88. The van der Waals surface area contributed by atoms with Crippen LogP contribution in [0.4, 0.5) is 5.69 Å². The highest BCUT2D eigenvalue weighted by atomic mass is 16.6. The van der Waals surface area contributed by atoms with Crippen molar-refractivity contribution in [1.29, 1.82) is 0 Å². The number of nitro groups is 1. The Kier molecular flexibility index (Phi) is 5.48. The summed E-state index contributed by atoms with van der Waals surface area (Å²) in [5, 5.41) is 24.3. The number of nitrogens with one attached hydrogen (secondary N) is 1. The van der Waals surface area contributed by atoms with Crippen LogP contribution in [0.15, 0.2) is 40.7 Å². The molecule has 0 saturated heterocycles. The number of allylic oxidation sites excluding steroid dienone is 3. The zero-order chi connectivity index (χ0) is 20.4. The molecule has 3 rings (SSSR count). The van der Waals surface area contributed by atoms with E-state index in [9.17, 15) is 24.8 Å². The predicted octanol–water partition coefficient (Wildman–Crippen LogP) is 3.22. The number of nitro benzene ring substituents is 1. The van der Waals surface area contributed by atoms with Crippen LogP contribution in [0.1, 0.15) is 51.0 Å². The number of rotatable bonds is 5. The number of dihydropyridines is 1. The van der Waals surface area contributed by atoms with Crippen molar-refractivity contribution in [3.8, 4) is 5.75 Å². The Morgan fingerprint density at radius 1 is 1.36 bits per heavy atom. The standard InChI is InChI=1S/C20H22N2O6/c1-3-12-19(20(25)28-4-2)17(18-13(21-12)6-5-7-16(18)24)11-8-9-15(23)14(10-11)22(26)27/h8-10,17,21,23H,3-7H2,1-2H3/t17-/m1/s1. The van der Waals surface area contributed by atoms with Crippen molar-refractivity contribution in [2.24, 2.45) is 0 Å². The maximum atomic E-state index is 12.8. The molecule has 8 heteroatoms. The van der Waals surface area contributed by atoms with Crippen molar-refractivity contribution >= 4 is 17.4 Å². The third-order valence-electron chi connectivity index (χ3n) is 5.04. The van der Waals surface area contributed by atoms with E-state index in [1.54, 1.807) is 6.92 Å². The Balaban J connectivity index is 2.24. The van der Waals surface area contributed by atoms with Gasteiger partial charge in [0, 0.05) is 35.4 Å². The third kappa shape index (κ3) is 3.37. The monoisotopic (exact) mass is 386 g/mol. The van der Waals surface area contributed by atoms with Crippen LogP contribution in [0.3, 0.4) is 0 Å². The van der Waals surface area contributed by atoms with Gasteiger partial charge in [-0.15, -0.1) is 0 Å². The summed E-state index contributed by atoms with van der Waals surface area (Å²) in [6.45, 7) is 3.74. The van der Waals surface area contributed by atoms with Crippen LogP contribution in [-0.4, -0.2) is 28.4 Å². The molecule has 2 N–H and O–H groups in total. The molecular weight excluding hydrogens is 364 g/mol. The molecule has 0 amide bonds. The number of nitrogens with zero attached hydrogens (tertiary/aromatic N) is 1. The zero-order valence-electron chi connectivity index (χ0n) is 15.8. The molecule has 0 aromatic heterocycles. The lowest BCUT2D eigenvalue weighted by Crippen LogP contribution is -2.35.